The minimum absolute atomic E-state index is 0.000474. The lowest BCUT2D eigenvalue weighted by Gasteiger charge is -2.30. The number of fused-ring (bicyclic) bond motifs is 1. The Kier molecular flexibility index (Phi) is 3.96. The highest BCUT2D eigenvalue weighted by Crippen LogP contribution is 2.30. The Bertz CT molecular complexity index is 907. The Morgan fingerprint density at radius 1 is 1.24 bits per heavy atom. The van der Waals surface area contributed by atoms with Gasteiger partial charge in [-0.05, 0) is 31.0 Å². The number of aromatic amines is 1. The molecule has 4 rings (SSSR count). The number of nitrogens with zero attached hydrogens (tertiary/aromatic N) is 3. The van der Waals surface area contributed by atoms with Crippen molar-refractivity contribution in [2.75, 3.05) is 13.1 Å². The summed E-state index contributed by atoms with van der Waals surface area (Å²) >= 11 is 0.934. The van der Waals surface area contributed by atoms with Crippen LogP contribution in [0, 0.1) is 10.1 Å². The van der Waals surface area contributed by atoms with Crippen molar-refractivity contribution in [1.29, 1.82) is 0 Å². The topological polar surface area (TPSA) is 92.1 Å². The molecule has 7 nitrogen and oxygen atoms in total. The zero-order valence-corrected chi connectivity index (χ0v) is 14.2. The molecule has 0 atom stereocenters. The number of nitro groups is 1. The lowest BCUT2D eigenvalue weighted by Crippen LogP contribution is -2.37. The van der Waals surface area contributed by atoms with E-state index >= 15 is 0 Å². The summed E-state index contributed by atoms with van der Waals surface area (Å²) in [6.45, 7) is 1.26. The summed E-state index contributed by atoms with van der Waals surface area (Å²) in [4.78, 5) is 33.0. The molecule has 1 fully saturated rings. The molecule has 1 N–H and O–H groups in total. The summed E-state index contributed by atoms with van der Waals surface area (Å²) in [6.07, 6.45) is 1.66. The first-order chi connectivity index (χ1) is 12.1. The molecule has 8 heteroatoms. The molecule has 0 radical (unpaired) electrons. The third-order valence-corrected chi connectivity index (χ3v) is 5.58. The van der Waals surface area contributed by atoms with E-state index in [0.29, 0.717) is 23.9 Å². The average molecular weight is 356 g/mol. The van der Waals surface area contributed by atoms with Gasteiger partial charge < -0.3 is 9.88 Å². The molecule has 0 saturated carbocycles. The third kappa shape index (κ3) is 3.00. The van der Waals surface area contributed by atoms with E-state index in [0.717, 1.165) is 41.0 Å². The molecule has 128 valence electrons. The fourth-order valence-electron chi connectivity index (χ4n) is 3.22. The number of H-pyrrole nitrogens is 1. The molecule has 1 saturated heterocycles. The summed E-state index contributed by atoms with van der Waals surface area (Å²) in [5.74, 6) is 1.15. The van der Waals surface area contributed by atoms with Crippen molar-refractivity contribution in [2.24, 2.45) is 0 Å². The van der Waals surface area contributed by atoms with Gasteiger partial charge in [-0.15, -0.1) is 0 Å². The van der Waals surface area contributed by atoms with Crippen LogP contribution >= 0.6 is 11.3 Å². The maximum atomic E-state index is 12.5. The van der Waals surface area contributed by atoms with Gasteiger partial charge in [0.15, 0.2) is 0 Å². The van der Waals surface area contributed by atoms with Crippen molar-refractivity contribution < 1.29 is 9.72 Å². The number of amides is 1. The largest absolute Gasteiger partial charge is 0.342 e. The van der Waals surface area contributed by atoms with Gasteiger partial charge in [0.2, 0.25) is 0 Å². The fraction of sp³-hybridized carbons (Fsp3) is 0.294. The second-order valence-corrected chi connectivity index (χ2v) is 7.16. The van der Waals surface area contributed by atoms with E-state index in [1.54, 1.807) is 4.90 Å². The molecule has 1 aliphatic rings. The quantitative estimate of drug-likeness (QED) is 0.574. The van der Waals surface area contributed by atoms with Gasteiger partial charge in [0.1, 0.15) is 5.82 Å². The molecule has 2 aromatic heterocycles. The van der Waals surface area contributed by atoms with Gasteiger partial charge in [0, 0.05) is 25.1 Å². The number of imidazole rings is 1. The molecule has 25 heavy (non-hydrogen) atoms. The highest BCUT2D eigenvalue weighted by Gasteiger charge is 2.27. The van der Waals surface area contributed by atoms with Crippen LogP contribution in [0.1, 0.15) is 34.3 Å². The average Bonchev–Trinajstić information content (AvgIpc) is 3.28. The van der Waals surface area contributed by atoms with Crippen molar-refractivity contribution in [1.82, 2.24) is 14.9 Å². The van der Waals surface area contributed by atoms with Crippen LogP contribution in [0.25, 0.3) is 11.0 Å². The lowest BCUT2D eigenvalue weighted by molar-refractivity contribution is -0.380. The van der Waals surface area contributed by atoms with Crippen LogP contribution in [0.2, 0.25) is 0 Å². The maximum Gasteiger partial charge on any atom is 0.324 e. The smallest absolute Gasteiger partial charge is 0.324 e. The number of piperidine rings is 1. The van der Waals surface area contributed by atoms with Crippen molar-refractivity contribution in [3.05, 3.63) is 57.2 Å². The Labute approximate surface area is 147 Å². The Morgan fingerprint density at radius 2 is 2.00 bits per heavy atom. The van der Waals surface area contributed by atoms with Crippen molar-refractivity contribution in [2.45, 2.75) is 18.8 Å². The first-order valence-electron chi connectivity index (χ1n) is 8.10. The predicted octanol–water partition coefficient (Wildman–Crippen LogP) is 3.55. The fourth-order valence-corrected chi connectivity index (χ4v) is 4.01. The molecule has 1 aromatic carbocycles. The minimum Gasteiger partial charge on any atom is -0.342 e. The molecule has 0 bridgehead atoms. The monoisotopic (exact) mass is 356 g/mol. The van der Waals surface area contributed by atoms with Crippen LogP contribution in [0.15, 0.2) is 36.4 Å². The third-order valence-electron chi connectivity index (χ3n) is 4.56. The minimum atomic E-state index is -0.463. The molecule has 0 unspecified atom stereocenters. The molecule has 1 amide bonds. The second kappa shape index (κ2) is 6.29. The lowest BCUT2D eigenvalue weighted by atomic mass is 9.96. The number of carbonyl (C=O) groups is 1. The summed E-state index contributed by atoms with van der Waals surface area (Å²) in [7, 11) is 0. The first kappa shape index (κ1) is 15.8. The summed E-state index contributed by atoms with van der Waals surface area (Å²) in [5, 5.41) is 10.8. The second-order valence-electron chi connectivity index (χ2n) is 6.10. The van der Waals surface area contributed by atoms with Gasteiger partial charge in [0.25, 0.3) is 5.91 Å². The summed E-state index contributed by atoms with van der Waals surface area (Å²) < 4.78 is 0. The molecule has 3 heterocycles. The molecular formula is C17H16N4O3S. The summed E-state index contributed by atoms with van der Waals surface area (Å²) in [5.41, 5.74) is 1.99. The first-order valence-corrected chi connectivity index (χ1v) is 8.91. The van der Waals surface area contributed by atoms with E-state index in [2.05, 4.69) is 9.97 Å². The molecule has 0 aliphatic carbocycles. The number of thiophene rings is 1. The standard InChI is InChI=1S/C17H16N4O3S/c22-17(14-5-6-15(25-14)21(23)24)20-9-7-11(8-10-20)16-18-12-3-1-2-4-13(12)19-16/h1-6,11H,7-10H2,(H,18,19). The Morgan fingerprint density at radius 3 is 2.68 bits per heavy atom. The number of benzene rings is 1. The molecule has 3 aromatic rings. The highest BCUT2D eigenvalue weighted by molar-refractivity contribution is 7.17. The predicted molar refractivity (Wildman–Crippen MR) is 94.9 cm³/mol. The van der Waals surface area contributed by atoms with Crippen LogP contribution < -0.4 is 0 Å². The van der Waals surface area contributed by atoms with Gasteiger partial charge >= 0.3 is 5.00 Å². The molecular weight excluding hydrogens is 340 g/mol. The molecule has 1 aliphatic heterocycles. The van der Waals surface area contributed by atoms with Crippen LogP contribution in [0.5, 0.6) is 0 Å². The van der Waals surface area contributed by atoms with Gasteiger partial charge in [-0.2, -0.15) is 0 Å². The van der Waals surface area contributed by atoms with Crippen LogP contribution in [0.4, 0.5) is 5.00 Å². The van der Waals surface area contributed by atoms with Crippen LogP contribution in [0.3, 0.4) is 0 Å². The van der Waals surface area contributed by atoms with E-state index in [4.69, 9.17) is 0 Å². The highest BCUT2D eigenvalue weighted by atomic mass is 32.1. The number of nitrogens with one attached hydrogen (secondary N) is 1. The van der Waals surface area contributed by atoms with Crippen LogP contribution in [-0.2, 0) is 0 Å². The van der Waals surface area contributed by atoms with E-state index in [1.807, 2.05) is 24.3 Å². The normalized spacial score (nSPS) is 15.6. The number of hydrogen-bond acceptors (Lipinski definition) is 5. The summed E-state index contributed by atoms with van der Waals surface area (Å²) in [6, 6.07) is 10.9. The SMILES string of the molecule is O=C(c1ccc([N+](=O)[O-])s1)N1CCC(c2nc3ccccc3[nH]2)CC1. The Balaban J connectivity index is 1.43. The number of likely N-dealkylation sites (tertiary alicyclic amines) is 1. The number of aromatic nitrogens is 2. The van der Waals surface area contributed by atoms with Gasteiger partial charge in [0.05, 0.1) is 20.8 Å². The molecule has 0 spiro atoms. The van der Waals surface area contributed by atoms with E-state index in [1.165, 1.54) is 12.1 Å². The zero-order chi connectivity index (χ0) is 17.4. The van der Waals surface area contributed by atoms with E-state index < -0.39 is 4.92 Å². The van der Waals surface area contributed by atoms with Crippen molar-refractivity contribution in [3.8, 4) is 0 Å². The van der Waals surface area contributed by atoms with E-state index in [-0.39, 0.29) is 10.9 Å². The van der Waals surface area contributed by atoms with E-state index in [9.17, 15) is 14.9 Å². The number of carbonyl (C=O) groups excluding carboxylic acids is 1. The van der Waals surface area contributed by atoms with Crippen molar-refractivity contribution in [3.63, 3.8) is 0 Å². The number of para-hydroxylation sites is 2. The van der Waals surface area contributed by atoms with Crippen LogP contribution in [-0.4, -0.2) is 38.8 Å². The number of rotatable bonds is 3. The van der Waals surface area contributed by atoms with Gasteiger partial charge in [-0.3, -0.25) is 14.9 Å². The zero-order valence-electron chi connectivity index (χ0n) is 13.3. The van der Waals surface area contributed by atoms with Gasteiger partial charge in [-0.25, -0.2) is 4.98 Å². The Hall–Kier alpha value is -2.74. The van der Waals surface area contributed by atoms with Crippen molar-refractivity contribution >= 4 is 33.3 Å². The number of hydrogen-bond donors (Lipinski definition) is 1. The maximum absolute atomic E-state index is 12.5. The van der Waals surface area contributed by atoms with Gasteiger partial charge in [-0.1, -0.05) is 23.5 Å².